The van der Waals surface area contributed by atoms with Crippen molar-refractivity contribution in [3.63, 3.8) is 0 Å². The summed E-state index contributed by atoms with van der Waals surface area (Å²) in [6, 6.07) is 11.9. The van der Waals surface area contributed by atoms with Crippen LogP contribution >= 0.6 is 11.3 Å². The number of nitriles is 1. The van der Waals surface area contributed by atoms with E-state index in [9.17, 15) is 4.79 Å². The molecule has 1 aromatic carbocycles. The molecule has 0 spiro atoms. The standard InChI is InChI=1S/C14H14N2OS/c1-10(2)16(8-7-15)14(17)13-9-11-5-3-4-6-12(11)18-13/h3-6,9-10H,8H2,1-2H3. The van der Waals surface area contributed by atoms with Crippen molar-refractivity contribution in [2.75, 3.05) is 6.54 Å². The Kier molecular flexibility index (Phi) is 3.63. The molecule has 92 valence electrons. The van der Waals surface area contributed by atoms with Crippen LogP contribution in [0.4, 0.5) is 0 Å². The van der Waals surface area contributed by atoms with Gasteiger partial charge in [-0.1, -0.05) is 18.2 Å². The van der Waals surface area contributed by atoms with Gasteiger partial charge >= 0.3 is 0 Å². The molecule has 1 aromatic heterocycles. The zero-order valence-corrected chi connectivity index (χ0v) is 11.2. The largest absolute Gasteiger partial charge is 0.322 e. The number of rotatable bonds is 3. The lowest BCUT2D eigenvalue weighted by molar-refractivity contribution is 0.0736. The van der Waals surface area contributed by atoms with E-state index in [0.29, 0.717) is 4.88 Å². The van der Waals surface area contributed by atoms with Gasteiger partial charge in [-0.05, 0) is 31.4 Å². The summed E-state index contributed by atoms with van der Waals surface area (Å²) in [4.78, 5) is 14.6. The second-order valence-corrected chi connectivity index (χ2v) is 5.42. The van der Waals surface area contributed by atoms with Gasteiger partial charge in [-0.3, -0.25) is 4.79 Å². The third-order valence-corrected chi connectivity index (χ3v) is 3.87. The summed E-state index contributed by atoms with van der Waals surface area (Å²) in [5.41, 5.74) is 0. The summed E-state index contributed by atoms with van der Waals surface area (Å²) in [5, 5.41) is 9.86. The van der Waals surface area contributed by atoms with Gasteiger partial charge in [0.1, 0.15) is 6.54 Å². The Labute approximate surface area is 110 Å². The molecule has 1 heterocycles. The van der Waals surface area contributed by atoms with Gasteiger partial charge in [-0.15, -0.1) is 11.3 Å². The first-order valence-corrected chi connectivity index (χ1v) is 6.61. The molecule has 0 atom stereocenters. The highest BCUT2D eigenvalue weighted by Crippen LogP contribution is 2.26. The molecule has 0 aliphatic carbocycles. The minimum atomic E-state index is -0.0623. The lowest BCUT2D eigenvalue weighted by atomic mass is 10.2. The molecule has 3 nitrogen and oxygen atoms in total. The number of thiophene rings is 1. The fraction of sp³-hybridized carbons (Fsp3) is 0.286. The molecule has 0 saturated heterocycles. The molecule has 18 heavy (non-hydrogen) atoms. The Morgan fingerprint density at radius 1 is 1.44 bits per heavy atom. The van der Waals surface area contributed by atoms with Crippen LogP contribution in [0.5, 0.6) is 0 Å². The van der Waals surface area contributed by atoms with E-state index in [-0.39, 0.29) is 18.5 Å². The van der Waals surface area contributed by atoms with Crippen LogP contribution in [0, 0.1) is 11.3 Å². The van der Waals surface area contributed by atoms with E-state index >= 15 is 0 Å². The van der Waals surface area contributed by atoms with E-state index in [1.807, 2.05) is 50.2 Å². The Balaban J connectivity index is 2.35. The topological polar surface area (TPSA) is 44.1 Å². The van der Waals surface area contributed by atoms with Crippen molar-refractivity contribution in [2.24, 2.45) is 0 Å². The molecule has 1 amide bonds. The highest BCUT2D eigenvalue weighted by Gasteiger charge is 2.20. The minimum absolute atomic E-state index is 0.0300. The zero-order chi connectivity index (χ0) is 13.1. The van der Waals surface area contributed by atoms with Crippen molar-refractivity contribution in [2.45, 2.75) is 19.9 Å². The maximum absolute atomic E-state index is 12.3. The Morgan fingerprint density at radius 3 is 2.78 bits per heavy atom. The zero-order valence-electron chi connectivity index (χ0n) is 10.4. The van der Waals surface area contributed by atoms with Gasteiger partial charge in [0.25, 0.3) is 5.91 Å². The molecule has 0 fully saturated rings. The monoisotopic (exact) mass is 258 g/mol. The number of benzene rings is 1. The molecule has 0 radical (unpaired) electrons. The Bertz CT molecular complexity index is 577. The summed E-state index contributed by atoms with van der Waals surface area (Å²) in [6.07, 6.45) is 0. The molecule has 0 saturated carbocycles. The second kappa shape index (κ2) is 5.19. The molecular weight excluding hydrogens is 244 g/mol. The highest BCUT2D eigenvalue weighted by molar-refractivity contribution is 7.20. The molecule has 0 unspecified atom stereocenters. The van der Waals surface area contributed by atoms with Gasteiger partial charge < -0.3 is 4.90 Å². The van der Waals surface area contributed by atoms with Gasteiger partial charge in [-0.2, -0.15) is 5.26 Å². The maximum atomic E-state index is 12.3. The quantitative estimate of drug-likeness (QED) is 0.793. The second-order valence-electron chi connectivity index (χ2n) is 4.33. The van der Waals surface area contributed by atoms with Crippen LogP contribution in [0.2, 0.25) is 0 Å². The van der Waals surface area contributed by atoms with E-state index in [2.05, 4.69) is 0 Å². The van der Waals surface area contributed by atoms with Gasteiger partial charge in [-0.25, -0.2) is 0 Å². The molecule has 0 N–H and O–H groups in total. The van der Waals surface area contributed by atoms with Crippen molar-refractivity contribution >= 4 is 27.3 Å². The number of carbonyl (C=O) groups excluding carboxylic acids is 1. The number of hydrogen-bond donors (Lipinski definition) is 0. The van der Waals surface area contributed by atoms with E-state index < -0.39 is 0 Å². The third kappa shape index (κ3) is 2.36. The molecular formula is C14H14N2OS. The molecule has 4 heteroatoms. The van der Waals surface area contributed by atoms with E-state index in [1.54, 1.807) is 4.90 Å². The lowest BCUT2D eigenvalue weighted by Crippen LogP contribution is -2.36. The summed E-state index contributed by atoms with van der Waals surface area (Å²) in [5.74, 6) is -0.0623. The average molecular weight is 258 g/mol. The van der Waals surface area contributed by atoms with Crippen molar-refractivity contribution in [3.05, 3.63) is 35.2 Å². The fourth-order valence-corrected chi connectivity index (χ4v) is 2.81. The third-order valence-electron chi connectivity index (χ3n) is 2.76. The summed E-state index contributed by atoms with van der Waals surface area (Å²) in [6.45, 7) is 3.97. The number of hydrogen-bond acceptors (Lipinski definition) is 3. The predicted molar refractivity (Wildman–Crippen MR) is 73.6 cm³/mol. The van der Waals surface area contributed by atoms with Crippen LogP contribution in [0.1, 0.15) is 23.5 Å². The van der Waals surface area contributed by atoms with Crippen molar-refractivity contribution in [1.82, 2.24) is 4.90 Å². The predicted octanol–water partition coefficient (Wildman–Crippen LogP) is 3.28. The first-order chi connectivity index (χ1) is 8.63. The number of amides is 1. The van der Waals surface area contributed by atoms with E-state index in [0.717, 1.165) is 10.1 Å². The highest BCUT2D eigenvalue weighted by atomic mass is 32.1. The van der Waals surface area contributed by atoms with Crippen LogP contribution in [0.3, 0.4) is 0 Å². The molecule has 0 aliphatic rings. The molecule has 2 rings (SSSR count). The molecule has 2 aromatic rings. The summed E-state index contributed by atoms with van der Waals surface area (Å²) >= 11 is 1.48. The first-order valence-electron chi connectivity index (χ1n) is 5.80. The summed E-state index contributed by atoms with van der Waals surface area (Å²) < 4.78 is 1.10. The smallest absolute Gasteiger partial charge is 0.265 e. The van der Waals surface area contributed by atoms with E-state index in [1.165, 1.54) is 11.3 Å². The number of nitrogens with zero attached hydrogens (tertiary/aromatic N) is 2. The molecule has 0 aliphatic heterocycles. The fourth-order valence-electron chi connectivity index (χ4n) is 1.79. The lowest BCUT2D eigenvalue weighted by Gasteiger charge is -2.22. The van der Waals surface area contributed by atoms with Crippen LogP contribution in [0.25, 0.3) is 10.1 Å². The SMILES string of the molecule is CC(C)N(CC#N)C(=O)c1cc2ccccc2s1. The first kappa shape index (κ1) is 12.6. The van der Waals surface area contributed by atoms with Crippen molar-refractivity contribution in [1.29, 1.82) is 5.26 Å². The van der Waals surface area contributed by atoms with Crippen molar-refractivity contribution in [3.8, 4) is 6.07 Å². The van der Waals surface area contributed by atoms with E-state index in [4.69, 9.17) is 5.26 Å². The Hall–Kier alpha value is -1.86. The summed E-state index contributed by atoms with van der Waals surface area (Å²) in [7, 11) is 0. The number of carbonyl (C=O) groups is 1. The molecule has 0 bridgehead atoms. The maximum Gasteiger partial charge on any atom is 0.265 e. The van der Waals surface area contributed by atoms with Gasteiger partial charge in [0, 0.05) is 10.7 Å². The van der Waals surface area contributed by atoms with Gasteiger partial charge in [0.2, 0.25) is 0 Å². The van der Waals surface area contributed by atoms with Crippen molar-refractivity contribution < 1.29 is 4.79 Å². The van der Waals surface area contributed by atoms with Gasteiger partial charge in [0.05, 0.1) is 10.9 Å². The van der Waals surface area contributed by atoms with Crippen LogP contribution in [0.15, 0.2) is 30.3 Å². The normalized spacial score (nSPS) is 10.6. The van der Waals surface area contributed by atoms with Gasteiger partial charge in [0.15, 0.2) is 0 Å². The van der Waals surface area contributed by atoms with Crippen LogP contribution < -0.4 is 0 Å². The van der Waals surface area contributed by atoms with Crippen LogP contribution in [-0.4, -0.2) is 23.4 Å². The Morgan fingerprint density at radius 2 is 2.17 bits per heavy atom. The van der Waals surface area contributed by atoms with Crippen LogP contribution in [-0.2, 0) is 0 Å². The average Bonchev–Trinajstić information content (AvgIpc) is 2.78. The minimum Gasteiger partial charge on any atom is -0.322 e. The number of fused-ring (bicyclic) bond motifs is 1.